The first-order valence-electron chi connectivity index (χ1n) is 11.2. The van der Waals surface area contributed by atoms with E-state index < -0.39 is 9.84 Å². The van der Waals surface area contributed by atoms with Gasteiger partial charge in [-0.1, -0.05) is 0 Å². The molecule has 0 unspecified atom stereocenters. The number of carbonyl (C=O) groups is 2. The molecule has 2 aromatic heterocycles. The summed E-state index contributed by atoms with van der Waals surface area (Å²) in [6.07, 6.45) is 5.90. The molecular weight excluding hydrogens is 444 g/mol. The molecule has 2 fully saturated rings. The number of H-pyrrole nitrogens is 1. The lowest BCUT2D eigenvalue weighted by molar-refractivity contribution is -0.138. The Balaban J connectivity index is 1.25. The summed E-state index contributed by atoms with van der Waals surface area (Å²) >= 11 is 0. The van der Waals surface area contributed by atoms with Crippen molar-refractivity contribution < 1.29 is 18.0 Å². The molecule has 10 nitrogen and oxygen atoms in total. The van der Waals surface area contributed by atoms with Crippen molar-refractivity contribution in [2.45, 2.75) is 12.8 Å². The zero-order valence-electron chi connectivity index (χ0n) is 18.8. The number of aromatic nitrogens is 3. The summed E-state index contributed by atoms with van der Waals surface area (Å²) in [5, 5.41) is 7.07. The molecule has 1 N–H and O–H groups in total. The number of pyridine rings is 1. The first-order valence-corrected chi connectivity index (χ1v) is 13.3. The quantitative estimate of drug-likeness (QED) is 0.648. The lowest BCUT2D eigenvalue weighted by Crippen LogP contribution is -2.52. The van der Waals surface area contributed by atoms with Gasteiger partial charge in [0, 0.05) is 75.9 Å². The number of sulfone groups is 1. The molecule has 4 rings (SSSR count). The Morgan fingerprint density at radius 1 is 1.03 bits per heavy atom. The minimum Gasteiger partial charge on any atom is -0.340 e. The molecule has 2 aliphatic heterocycles. The molecule has 0 atom stereocenters. The number of piperidine rings is 1. The maximum atomic E-state index is 13.0. The van der Waals surface area contributed by atoms with Gasteiger partial charge in [0.1, 0.15) is 15.5 Å². The second-order valence-corrected chi connectivity index (χ2v) is 11.0. The predicted octanol–water partition coefficient (Wildman–Crippen LogP) is 0.513. The Morgan fingerprint density at radius 2 is 1.70 bits per heavy atom. The zero-order valence-corrected chi connectivity index (χ0v) is 19.6. The second kappa shape index (κ2) is 10.0. The fraction of sp³-hybridized carbons (Fsp3) is 0.545. The van der Waals surface area contributed by atoms with Crippen LogP contribution < -0.4 is 0 Å². The Labute approximate surface area is 193 Å². The number of hydrogen-bond donors (Lipinski definition) is 1. The average Bonchev–Trinajstić information content (AvgIpc) is 3.33. The standard InChI is InChI=1S/C22H30N6O4S/c1-33(31,32)15-14-26-10-12-28(13-11-26)21(29)18-4-8-27(9-5-18)22(30)20-16-19(24-25-20)17-2-6-23-7-3-17/h2-3,6-7,16,18H,4-5,8-15H2,1H3,(H,24,25). The summed E-state index contributed by atoms with van der Waals surface area (Å²) < 4.78 is 22.7. The van der Waals surface area contributed by atoms with Gasteiger partial charge < -0.3 is 9.80 Å². The number of rotatable bonds is 6. The van der Waals surface area contributed by atoms with Gasteiger partial charge in [-0.15, -0.1) is 0 Å². The molecule has 11 heteroatoms. The van der Waals surface area contributed by atoms with Crippen LogP contribution in [0.3, 0.4) is 0 Å². The minimum atomic E-state index is -2.98. The summed E-state index contributed by atoms with van der Waals surface area (Å²) in [5.74, 6) is 0.110. The third-order valence-electron chi connectivity index (χ3n) is 6.38. The van der Waals surface area contributed by atoms with E-state index in [1.54, 1.807) is 23.4 Å². The van der Waals surface area contributed by atoms with E-state index >= 15 is 0 Å². The highest BCUT2D eigenvalue weighted by Gasteiger charge is 2.32. The van der Waals surface area contributed by atoms with Crippen LogP contribution in [-0.2, 0) is 14.6 Å². The van der Waals surface area contributed by atoms with Gasteiger partial charge in [0.25, 0.3) is 5.91 Å². The SMILES string of the molecule is CS(=O)(=O)CCN1CCN(C(=O)C2CCN(C(=O)c3cc(-c4ccncc4)n[nH]3)CC2)CC1. The molecule has 2 aromatic rings. The third-order valence-corrected chi connectivity index (χ3v) is 7.30. The summed E-state index contributed by atoms with van der Waals surface area (Å²) in [7, 11) is -2.98. The van der Waals surface area contributed by atoms with Gasteiger partial charge in [-0.2, -0.15) is 5.10 Å². The summed E-state index contributed by atoms with van der Waals surface area (Å²) in [6, 6.07) is 5.43. The molecule has 2 saturated heterocycles. The molecule has 33 heavy (non-hydrogen) atoms. The Kier molecular flexibility index (Phi) is 7.08. The molecule has 0 radical (unpaired) electrons. The van der Waals surface area contributed by atoms with Gasteiger partial charge in [0.05, 0.1) is 11.4 Å². The highest BCUT2D eigenvalue weighted by molar-refractivity contribution is 7.90. The lowest BCUT2D eigenvalue weighted by atomic mass is 9.94. The van der Waals surface area contributed by atoms with Crippen molar-refractivity contribution in [3.63, 3.8) is 0 Å². The van der Waals surface area contributed by atoms with Crippen LogP contribution in [0.15, 0.2) is 30.6 Å². The Hall–Kier alpha value is -2.79. The number of nitrogens with zero attached hydrogens (tertiary/aromatic N) is 5. The topological polar surface area (TPSA) is 120 Å². The van der Waals surface area contributed by atoms with E-state index in [1.165, 1.54) is 6.26 Å². The van der Waals surface area contributed by atoms with Crippen LogP contribution in [0.2, 0.25) is 0 Å². The average molecular weight is 475 g/mol. The van der Waals surface area contributed by atoms with Gasteiger partial charge in [0.15, 0.2) is 0 Å². The molecule has 2 aliphatic rings. The van der Waals surface area contributed by atoms with E-state index in [-0.39, 0.29) is 23.5 Å². The van der Waals surface area contributed by atoms with Gasteiger partial charge in [-0.25, -0.2) is 8.42 Å². The van der Waals surface area contributed by atoms with Crippen molar-refractivity contribution in [3.8, 4) is 11.3 Å². The number of piperazine rings is 1. The zero-order chi connectivity index (χ0) is 23.4. The van der Waals surface area contributed by atoms with E-state index in [2.05, 4.69) is 20.1 Å². The van der Waals surface area contributed by atoms with Crippen molar-refractivity contribution in [1.82, 2.24) is 29.9 Å². The van der Waals surface area contributed by atoms with Crippen molar-refractivity contribution >= 4 is 21.7 Å². The van der Waals surface area contributed by atoms with E-state index in [9.17, 15) is 18.0 Å². The molecule has 178 valence electrons. The van der Waals surface area contributed by atoms with Crippen LogP contribution in [-0.4, -0.2) is 108 Å². The summed E-state index contributed by atoms with van der Waals surface area (Å²) in [6.45, 7) is 4.20. The number of nitrogens with one attached hydrogen (secondary N) is 1. The van der Waals surface area contributed by atoms with E-state index in [4.69, 9.17) is 0 Å². The first kappa shape index (κ1) is 23.4. The Bertz CT molecular complexity index is 1070. The van der Waals surface area contributed by atoms with Crippen LogP contribution >= 0.6 is 0 Å². The largest absolute Gasteiger partial charge is 0.340 e. The molecule has 0 saturated carbocycles. The maximum absolute atomic E-state index is 13.0. The molecule has 0 aromatic carbocycles. The fourth-order valence-electron chi connectivity index (χ4n) is 4.35. The van der Waals surface area contributed by atoms with Gasteiger partial charge in [-0.05, 0) is 31.0 Å². The Morgan fingerprint density at radius 3 is 2.33 bits per heavy atom. The van der Waals surface area contributed by atoms with Crippen LogP contribution in [0.5, 0.6) is 0 Å². The fourth-order valence-corrected chi connectivity index (χ4v) is 4.94. The summed E-state index contributed by atoms with van der Waals surface area (Å²) in [5.41, 5.74) is 2.03. The summed E-state index contributed by atoms with van der Waals surface area (Å²) in [4.78, 5) is 35.6. The maximum Gasteiger partial charge on any atom is 0.271 e. The number of hydrogen-bond acceptors (Lipinski definition) is 7. The van der Waals surface area contributed by atoms with E-state index in [0.717, 1.165) is 5.56 Å². The highest BCUT2D eigenvalue weighted by atomic mass is 32.2. The van der Waals surface area contributed by atoms with Crippen LogP contribution in [0.1, 0.15) is 23.3 Å². The number of carbonyl (C=O) groups excluding carboxylic acids is 2. The van der Waals surface area contributed by atoms with Gasteiger partial charge in [0.2, 0.25) is 5.91 Å². The molecular formula is C22H30N6O4S. The second-order valence-electron chi connectivity index (χ2n) is 8.77. The normalized spacial score (nSPS) is 18.5. The number of amides is 2. The minimum absolute atomic E-state index is 0.0780. The van der Waals surface area contributed by atoms with Crippen molar-refractivity contribution in [2.75, 3.05) is 57.8 Å². The number of likely N-dealkylation sites (tertiary alicyclic amines) is 1. The van der Waals surface area contributed by atoms with Crippen LogP contribution in [0, 0.1) is 5.92 Å². The van der Waals surface area contributed by atoms with Gasteiger partial charge >= 0.3 is 0 Å². The van der Waals surface area contributed by atoms with Crippen LogP contribution in [0.25, 0.3) is 11.3 Å². The molecule has 2 amide bonds. The lowest BCUT2D eigenvalue weighted by Gasteiger charge is -2.38. The highest BCUT2D eigenvalue weighted by Crippen LogP contribution is 2.23. The predicted molar refractivity (Wildman–Crippen MR) is 123 cm³/mol. The molecule has 0 spiro atoms. The third kappa shape index (κ3) is 5.97. The molecule has 4 heterocycles. The van der Waals surface area contributed by atoms with Gasteiger partial charge in [-0.3, -0.25) is 24.6 Å². The molecule has 0 bridgehead atoms. The molecule has 0 aliphatic carbocycles. The smallest absolute Gasteiger partial charge is 0.271 e. The number of aromatic amines is 1. The van der Waals surface area contributed by atoms with Crippen molar-refractivity contribution in [2.24, 2.45) is 5.92 Å². The monoisotopic (exact) mass is 474 g/mol. The van der Waals surface area contributed by atoms with Crippen molar-refractivity contribution in [1.29, 1.82) is 0 Å². The van der Waals surface area contributed by atoms with E-state index in [0.29, 0.717) is 70.0 Å². The van der Waals surface area contributed by atoms with E-state index in [1.807, 2.05) is 17.0 Å². The van der Waals surface area contributed by atoms with Crippen molar-refractivity contribution in [3.05, 3.63) is 36.3 Å². The first-order chi connectivity index (χ1) is 15.8. The van der Waals surface area contributed by atoms with Crippen LogP contribution in [0.4, 0.5) is 0 Å².